The van der Waals surface area contributed by atoms with Gasteiger partial charge in [0, 0.05) is 0 Å². The summed E-state index contributed by atoms with van der Waals surface area (Å²) in [6.07, 6.45) is 3.47. The van der Waals surface area contributed by atoms with Crippen LogP contribution in [0.3, 0.4) is 0 Å². The van der Waals surface area contributed by atoms with Gasteiger partial charge in [0.1, 0.15) is 5.01 Å². The normalized spacial score (nSPS) is 10.8. The predicted molar refractivity (Wildman–Crippen MR) is 51.1 cm³/mol. The van der Waals surface area contributed by atoms with Crippen LogP contribution < -0.4 is 0 Å². The highest BCUT2D eigenvalue weighted by molar-refractivity contribution is 7.13. The standard InChI is InChI=1S/C7H8ClN3S/c1-2-3-5(9)7-11-10-6(4-8)12-7/h2-3,9H,4H2,1H3/b3-2-,9-5?. The Kier molecular flexibility index (Phi) is 3.37. The summed E-state index contributed by atoms with van der Waals surface area (Å²) in [6, 6.07) is 0. The van der Waals surface area contributed by atoms with E-state index >= 15 is 0 Å². The lowest BCUT2D eigenvalue weighted by Crippen LogP contribution is -1.92. The fourth-order valence-electron chi connectivity index (χ4n) is 0.654. The Morgan fingerprint density at radius 1 is 1.67 bits per heavy atom. The van der Waals surface area contributed by atoms with Crippen molar-refractivity contribution in [2.24, 2.45) is 0 Å². The van der Waals surface area contributed by atoms with Gasteiger partial charge in [-0.2, -0.15) is 0 Å². The number of hydrogen-bond donors (Lipinski definition) is 1. The predicted octanol–water partition coefficient (Wildman–Crippen LogP) is 2.22. The van der Waals surface area contributed by atoms with Gasteiger partial charge in [-0.1, -0.05) is 17.4 Å². The van der Waals surface area contributed by atoms with Gasteiger partial charge in [-0.05, 0) is 13.0 Å². The number of nitrogens with one attached hydrogen (secondary N) is 1. The van der Waals surface area contributed by atoms with Gasteiger partial charge in [0.25, 0.3) is 0 Å². The molecule has 3 nitrogen and oxygen atoms in total. The first kappa shape index (κ1) is 9.35. The van der Waals surface area contributed by atoms with E-state index in [2.05, 4.69) is 10.2 Å². The topological polar surface area (TPSA) is 49.6 Å². The summed E-state index contributed by atoms with van der Waals surface area (Å²) in [5, 5.41) is 16.5. The van der Waals surface area contributed by atoms with Crippen LogP contribution in [-0.2, 0) is 5.88 Å². The third-order valence-corrected chi connectivity index (χ3v) is 2.51. The largest absolute Gasteiger partial charge is 0.298 e. The second-order valence-electron chi connectivity index (χ2n) is 2.05. The van der Waals surface area contributed by atoms with E-state index in [0.29, 0.717) is 16.6 Å². The van der Waals surface area contributed by atoms with Crippen LogP contribution in [0.5, 0.6) is 0 Å². The van der Waals surface area contributed by atoms with Gasteiger partial charge in [-0.15, -0.1) is 21.8 Å². The van der Waals surface area contributed by atoms with Gasteiger partial charge >= 0.3 is 0 Å². The van der Waals surface area contributed by atoms with E-state index < -0.39 is 0 Å². The van der Waals surface area contributed by atoms with E-state index in [1.807, 2.05) is 6.92 Å². The van der Waals surface area contributed by atoms with Crippen LogP contribution in [0, 0.1) is 5.41 Å². The highest BCUT2D eigenvalue weighted by Gasteiger charge is 2.04. The number of rotatable bonds is 3. The van der Waals surface area contributed by atoms with Gasteiger partial charge in [0.15, 0.2) is 5.01 Å². The Balaban J connectivity index is 2.81. The van der Waals surface area contributed by atoms with E-state index in [1.165, 1.54) is 11.3 Å². The molecular formula is C7H8ClN3S. The molecule has 0 amide bonds. The molecule has 0 bridgehead atoms. The molecule has 1 rings (SSSR count). The molecule has 0 fully saturated rings. The third kappa shape index (κ3) is 2.12. The molecule has 1 heterocycles. The zero-order chi connectivity index (χ0) is 8.97. The molecular weight excluding hydrogens is 194 g/mol. The zero-order valence-corrected chi connectivity index (χ0v) is 8.11. The average molecular weight is 202 g/mol. The Morgan fingerprint density at radius 2 is 2.42 bits per heavy atom. The molecule has 0 saturated heterocycles. The molecule has 0 aliphatic carbocycles. The maximum Gasteiger partial charge on any atom is 0.165 e. The number of hydrogen-bond acceptors (Lipinski definition) is 4. The van der Waals surface area contributed by atoms with Gasteiger partial charge in [-0.25, -0.2) is 0 Å². The monoisotopic (exact) mass is 201 g/mol. The minimum absolute atomic E-state index is 0.362. The second-order valence-corrected chi connectivity index (χ2v) is 3.38. The number of halogens is 1. The summed E-state index contributed by atoms with van der Waals surface area (Å²) in [4.78, 5) is 0. The van der Waals surface area contributed by atoms with Crippen molar-refractivity contribution in [2.75, 3.05) is 0 Å². The fraction of sp³-hybridized carbons (Fsp3) is 0.286. The van der Waals surface area contributed by atoms with Crippen molar-refractivity contribution in [3.63, 3.8) is 0 Å². The van der Waals surface area contributed by atoms with Crippen molar-refractivity contribution >= 4 is 28.6 Å². The lowest BCUT2D eigenvalue weighted by atomic mass is 10.3. The van der Waals surface area contributed by atoms with E-state index in [0.717, 1.165) is 5.01 Å². The summed E-state index contributed by atoms with van der Waals surface area (Å²) >= 11 is 6.89. The molecule has 64 valence electrons. The number of allylic oxidation sites excluding steroid dienone is 2. The van der Waals surface area contributed by atoms with Crippen molar-refractivity contribution in [3.8, 4) is 0 Å². The molecule has 12 heavy (non-hydrogen) atoms. The van der Waals surface area contributed by atoms with Gasteiger partial charge < -0.3 is 0 Å². The molecule has 1 aromatic heterocycles. The van der Waals surface area contributed by atoms with Crippen LogP contribution in [0.1, 0.15) is 16.9 Å². The quantitative estimate of drug-likeness (QED) is 0.602. The van der Waals surface area contributed by atoms with Gasteiger partial charge in [0.05, 0.1) is 11.6 Å². The Hall–Kier alpha value is -0.740. The second kappa shape index (κ2) is 4.33. The van der Waals surface area contributed by atoms with E-state index in [1.54, 1.807) is 12.2 Å². The third-order valence-electron chi connectivity index (χ3n) is 1.14. The lowest BCUT2D eigenvalue weighted by Gasteiger charge is -1.86. The Morgan fingerprint density at radius 3 is 2.92 bits per heavy atom. The van der Waals surface area contributed by atoms with E-state index in [9.17, 15) is 0 Å². The van der Waals surface area contributed by atoms with Gasteiger partial charge in [-0.3, -0.25) is 5.41 Å². The molecule has 0 aliphatic rings. The molecule has 0 atom stereocenters. The maximum atomic E-state index is 7.50. The first-order valence-corrected chi connectivity index (χ1v) is 4.73. The molecule has 0 unspecified atom stereocenters. The smallest absolute Gasteiger partial charge is 0.165 e. The molecule has 0 saturated carbocycles. The maximum absolute atomic E-state index is 7.50. The van der Waals surface area contributed by atoms with Crippen LogP contribution in [0.2, 0.25) is 0 Å². The zero-order valence-electron chi connectivity index (χ0n) is 6.54. The Labute approximate surface area is 79.6 Å². The van der Waals surface area contributed by atoms with Crippen LogP contribution in [-0.4, -0.2) is 15.9 Å². The lowest BCUT2D eigenvalue weighted by molar-refractivity contribution is 1.03. The minimum Gasteiger partial charge on any atom is -0.298 e. The highest BCUT2D eigenvalue weighted by Crippen LogP contribution is 2.12. The summed E-state index contributed by atoms with van der Waals surface area (Å²) in [5.74, 6) is 0.362. The van der Waals surface area contributed by atoms with Crippen molar-refractivity contribution in [2.45, 2.75) is 12.8 Å². The molecule has 0 radical (unpaired) electrons. The number of aromatic nitrogens is 2. The summed E-state index contributed by atoms with van der Waals surface area (Å²) in [5.41, 5.74) is 0.381. The van der Waals surface area contributed by atoms with Crippen LogP contribution in [0.25, 0.3) is 0 Å². The van der Waals surface area contributed by atoms with Crippen LogP contribution in [0.4, 0.5) is 0 Å². The molecule has 0 spiro atoms. The van der Waals surface area contributed by atoms with E-state index in [-0.39, 0.29) is 0 Å². The SMILES string of the molecule is C/C=C\C(=N)c1nnc(CCl)s1. The van der Waals surface area contributed by atoms with Crippen molar-refractivity contribution in [3.05, 3.63) is 22.2 Å². The Bertz CT molecular complexity index is 305. The molecule has 0 aliphatic heterocycles. The summed E-state index contributed by atoms with van der Waals surface area (Å²) in [6.45, 7) is 1.86. The molecule has 1 N–H and O–H groups in total. The fourth-order valence-corrected chi connectivity index (χ4v) is 1.49. The molecule has 1 aromatic rings. The first-order chi connectivity index (χ1) is 5.77. The minimum atomic E-state index is 0.362. The van der Waals surface area contributed by atoms with Crippen LogP contribution in [0.15, 0.2) is 12.2 Å². The van der Waals surface area contributed by atoms with E-state index in [4.69, 9.17) is 17.0 Å². The van der Waals surface area contributed by atoms with Crippen molar-refractivity contribution in [1.82, 2.24) is 10.2 Å². The van der Waals surface area contributed by atoms with Gasteiger partial charge in [0.2, 0.25) is 0 Å². The molecule has 0 aromatic carbocycles. The number of alkyl halides is 1. The average Bonchev–Trinajstić information content (AvgIpc) is 2.52. The summed E-state index contributed by atoms with van der Waals surface area (Å²) < 4.78 is 0. The van der Waals surface area contributed by atoms with Crippen LogP contribution >= 0.6 is 22.9 Å². The van der Waals surface area contributed by atoms with Crippen molar-refractivity contribution < 1.29 is 0 Å². The van der Waals surface area contributed by atoms with Crippen molar-refractivity contribution in [1.29, 1.82) is 5.41 Å². The molecule has 5 heteroatoms. The first-order valence-electron chi connectivity index (χ1n) is 3.38. The highest BCUT2D eigenvalue weighted by atomic mass is 35.5. The number of nitrogens with zero attached hydrogens (tertiary/aromatic N) is 2. The summed E-state index contributed by atoms with van der Waals surface area (Å²) in [7, 11) is 0.